The third kappa shape index (κ3) is 5.53. The van der Waals surface area contributed by atoms with E-state index in [0.717, 1.165) is 33.5 Å². The van der Waals surface area contributed by atoms with Crippen molar-refractivity contribution in [2.45, 2.75) is 19.6 Å². The van der Waals surface area contributed by atoms with Gasteiger partial charge in [0.25, 0.3) is 0 Å². The number of hydrogen-bond acceptors (Lipinski definition) is 5. The summed E-state index contributed by atoms with van der Waals surface area (Å²) in [4.78, 5) is 20.1. The Morgan fingerprint density at radius 1 is 0.345 bits per heavy atom. The molecule has 0 saturated heterocycles. The molecule has 0 unspecified atom stereocenters. The molecule has 0 amide bonds. The molecule has 1 aliphatic rings. The summed E-state index contributed by atoms with van der Waals surface area (Å²) < 4.78 is 2.49. The van der Waals surface area contributed by atoms with E-state index in [1.54, 1.807) is 0 Å². The van der Waals surface area contributed by atoms with Crippen LogP contribution in [0.2, 0.25) is 0 Å². The van der Waals surface area contributed by atoms with E-state index in [0.29, 0.717) is 17.5 Å². The molecule has 3 heterocycles. The second-order valence-electron chi connectivity index (χ2n) is 13.6. The molecule has 11 rings (SSSR count). The lowest BCUT2D eigenvalue weighted by atomic mass is 10.0. The van der Waals surface area contributed by atoms with Gasteiger partial charge >= 0.3 is 0 Å². The smallest absolute Gasteiger partial charge is 0.164 e. The fourth-order valence-corrected chi connectivity index (χ4v) is 10.1. The van der Waals surface area contributed by atoms with Crippen LogP contribution in [0.1, 0.15) is 0 Å². The molecule has 0 atom stereocenters. The Morgan fingerprint density at radius 2 is 0.909 bits per heavy atom. The first kappa shape index (κ1) is 32.0. The van der Waals surface area contributed by atoms with Crippen LogP contribution in [0.5, 0.6) is 0 Å². The molecular formula is C49H30N4S2. The van der Waals surface area contributed by atoms with Crippen LogP contribution in [-0.4, -0.2) is 19.5 Å². The minimum atomic E-state index is 0.644. The van der Waals surface area contributed by atoms with Crippen LogP contribution < -0.4 is 0 Å². The van der Waals surface area contributed by atoms with Gasteiger partial charge in [-0.05, 0) is 52.9 Å². The van der Waals surface area contributed by atoms with Gasteiger partial charge in [0.05, 0.1) is 15.9 Å². The molecule has 0 radical (unpaired) electrons. The number of aromatic nitrogens is 4. The van der Waals surface area contributed by atoms with E-state index < -0.39 is 0 Å². The van der Waals surface area contributed by atoms with E-state index in [4.69, 9.17) is 15.0 Å². The zero-order chi connectivity index (χ0) is 36.3. The number of benzene rings is 8. The standard InChI is InChI=1S/C49H30N4S2/c1-3-13-33(14-4-1)47-50-48(34-15-5-2-6-16-34)52-49(51-47)36-18-11-17-35(30-36)31-22-25-37(26-23-31)53-44-38-19-8-7-12-32(38)24-27-39(44)40-28-29-43-46(45(40)53)55-42-21-10-9-20-41(42)54-43/h1-30H. The maximum absolute atomic E-state index is 4.98. The van der Waals surface area contributed by atoms with Gasteiger partial charge in [-0.15, -0.1) is 0 Å². The Balaban J connectivity index is 1.04. The quantitative estimate of drug-likeness (QED) is 0.176. The molecular weight excluding hydrogens is 709 g/mol. The predicted octanol–water partition coefficient (Wildman–Crippen LogP) is 13.4. The highest BCUT2D eigenvalue weighted by Crippen LogP contribution is 2.53. The molecule has 0 N–H and O–H groups in total. The molecule has 55 heavy (non-hydrogen) atoms. The van der Waals surface area contributed by atoms with Crippen molar-refractivity contribution in [3.05, 3.63) is 182 Å². The van der Waals surface area contributed by atoms with E-state index in [9.17, 15) is 0 Å². The molecule has 6 heteroatoms. The van der Waals surface area contributed by atoms with Crippen LogP contribution in [0.3, 0.4) is 0 Å². The minimum absolute atomic E-state index is 0.644. The molecule has 8 aromatic carbocycles. The fourth-order valence-electron chi connectivity index (χ4n) is 7.68. The van der Waals surface area contributed by atoms with E-state index >= 15 is 0 Å². The molecule has 0 saturated carbocycles. The van der Waals surface area contributed by atoms with Crippen molar-refractivity contribution < 1.29 is 0 Å². The Kier molecular flexibility index (Phi) is 7.64. The van der Waals surface area contributed by atoms with Gasteiger partial charge in [0.1, 0.15) is 0 Å². The van der Waals surface area contributed by atoms with Crippen LogP contribution >= 0.6 is 23.5 Å². The Hall–Kier alpha value is -6.47. The van der Waals surface area contributed by atoms with Crippen molar-refractivity contribution in [2.75, 3.05) is 0 Å². The monoisotopic (exact) mass is 738 g/mol. The predicted molar refractivity (Wildman–Crippen MR) is 228 cm³/mol. The lowest BCUT2D eigenvalue weighted by Crippen LogP contribution is -2.00. The lowest BCUT2D eigenvalue weighted by molar-refractivity contribution is 1.07. The Morgan fingerprint density at radius 3 is 1.64 bits per heavy atom. The summed E-state index contributed by atoms with van der Waals surface area (Å²) in [6, 6.07) is 64.4. The molecule has 0 fully saturated rings. The zero-order valence-electron chi connectivity index (χ0n) is 29.4. The molecule has 0 bridgehead atoms. The third-order valence-corrected chi connectivity index (χ3v) is 12.9. The SMILES string of the molecule is c1ccc(-c2nc(-c3ccccc3)nc(-c3cccc(-c4ccc(-n5c6c7c(ccc6c6ccc8ccccc8c65)Sc5ccccc5S7)cc4)c3)n2)cc1. The summed E-state index contributed by atoms with van der Waals surface area (Å²) in [5, 5.41) is 5.02. The number of hydrogen-bond donors (Lipinski definition) is 0. The van der Waals surface area contributed by atoms with Gasteiger partial charge in [-0.2, -0.15) is 0 Å². The highest BCUT2D eigenvalue weighted by Gasteiger charge is 2.25. The Bertz CT molecular complexity index is 3030. The Labute approximate surface area is 326 Å². The average Bonchev–Trinajstić information content (AvgIpc) is 3.62. The minimum Gasteiger partial charge on any atom is -0.307 e. The molecule has 10 aromatic rings. The summed E-state index contributed by atoms with van der Waals surface area (Å²) >= 11 is 3.75. The van der Waals surface area contributed by atoms with Crippen molar-refractivity contribution in [2.24, 2.45) is 0 Å². The first-order chi connectivity index (χ1) is 27.2. The normalized spacial score (nSPS) is 12.2. The first-order valence-electron chi connectivity index (χ1n) is 18.3. The lowest BCUT2D eigenvalue weighted by Gasteiger charge is -2.20. The number of rotatable bonds is 5. The third-order valence-electron chi connectivity index (χ3n) is 10.3. The molecule has 2 aromatic heterocycles. The summed E-state index contributed by atoms with van der Waals surface area (Å²) in [6.07, 6.45) is 0. The van der Waals surface area contributed by atoms with Gasteiger partial charge < -0.3 is 4.57 Å². The molecule has 258 valence electrons. The second kappa shape index (κ2) is 13.1. The molecule has 0 aliphatic carbocycles. The largest absolute Gasteiger partial charge is 0.307 e. The van der Waals surface area contributed by atoms with Crippen LogP contribution in [0, 0.1) is 0 Å². The van der Waals surface area contributed by atoms with Gasteiger partial charge in [0.2, 0.25) is 0 Å². The van der Waals surface area contributed by atoms with Gasteiger partial charge in [0, 0.05) is 53.2 Å². The second-order valence-corrected chi connectivity index (χ2v) is 15.8. The van der Waals surface area contributed by atoms with Crippen molar-refractivity contribution >= 4 is 56.1 Å². The summed E-state index contributed by atoms with van der Waals surface area (Å²) in [7, 11) is 0. The highest BCUT2D eigenvalue weighted by molar-refractivity contribution is 8.05. The molecule has 4 nitrogen and oxygen atoms in total. The number of nitrogens with zero attached hydrogens (tertiary/aromatic N) is 4. The molecule has 0 spiro atoms. The summed E-state index contributed by atoms with van der Waals surface area (Å²) in [5.74, 6) is 1.95. The van der Waals surface area contributed by atoms with Gasteiger partial charge in [-0.1, -0.05) is 169 Å². The van der Waals surface area contributed by atoms with Crippen LogP contribution in [0.15, 0.2) is 202 Å². The van der Waals surface area contributed by atoms with E-state index in [2.05, 4.69) is 126 Å². The van der Waals surface area contributed by atoms with Gasteiger partial charge in [-0.3, -0.25) is 0 Å². The van der Waals surface area contributed by atoms with Gasteiger partial charge in [-0.25, -0.2) is 15.0 Å². The summed E-state index contributed by atoms with van der Waals surface area (Å²) in [6.45, 7) is 0. The van der Waals surface area contributed by atoms with Crippen molar-refractivity contribution in [1.82, 2.24) is 19.5 Å². The topological polar surface area (TPSA) is 43.6 Å². The zero-order valence-corrected chi connectivity index (χ0v) is 31.1. The van der Waals surface area contributed by atoms with E-state index in [1.807, 2.05) is 84.2 Å². The highest BCUT2D eigenvalue weighted by atomic mass is 32.2. The van der Waals surface area contributed by atoms with E-state index in [-0.39, 0.29) is 0 Å². The van der Waals surface area contributed by atoms with Crippen LogP contribution in [0.4, 0.5) is 0 Å². The average molecular weight is 739 g/mol. The summed E-state index contributed by atoms with van der Waals surface area (Å²) in [5.41, 5.74) is 8.69. The maximum Gasteiger partial charge on any atom is 0.164 e. The van der Waals surface area contributed by atoms with Crippen molar-refractivity contribution in [1.29, 1.82) is 0 Å². The van der Waals surface area contributed by atoms with Crippen LogP contribution in [-0.2, 0) is 0 Å². The van der Waals surface area contributed by atoms with Crippen LogP contribution in [0.25, 0.3) is 83.6 Å². The van der Waals surface area contributed by atoms with Crippen molar-refractivity contribution in [3.63, 3.8) is 0 Å². The van der Waals surface area contributed by atoms with Gasteiger partial charge in [0.15, 0.2) is 17.5 Å². The number of fused-ring (bicyclic) bond motifs is 8. The van der Waals surface area contributed by atoms with Crippen molar-refractivity contribution in [3.8, 4) is 51.0 Å². The maximum atomic E-state index is 4.98. The fraction of sp³-hybridized carbons (Fsp3) is 0. The molecule has 1 aliphatic heterocycles. The first-order valence-corrected chi connectivity index (χ1v) is 19.9. The van der Waals surface area contributed by atoms with E-state index in [1.165, 1.54) is 52.2 Å².